The van der Waals surface area contributed by atoms with Gasteiger partial charge in [-0.05, 0) is 37.4 Å². The number of rotatable bonds is 6. The quantitative estimate of drug-likeness (QED) is 0.854. The van der Waals surface area contributed by atoms with E-state index in [9.17, 15) is 4.79 Å². The Hall–Kier alpha value is -2.21. The molecule has 3 rings (SSSR count). The predicted molar refractivity (Wildman–Crippen MR) is 93.9 cm³/mol. The van der Waals surface area contributed by atoms with Crippen LogP contribution in [0, 0.1) is 0 Å². The van der Waals surface area contributed by atoms with Gasteiger partial charge in [0.2, 0.25) is 5.91 Å². The van der Waals surface area contributed by atoms with Gasteiger partial charge in [0, 0.05) is 30.8 Å². The minimum absolute atomic E-state index is 0.00674. The molecule has 6 nitrogen and oxygen atoms in total. The van der Waals surface area contributed by atoms with Gasteiger partial charge in [0.15, 0.2) is 0 Å². The Labute approximate surface area is 142 Å². The van der Waals surface area contributed by atoms with E-state index >= 15 is 0 Å². The molecule has 0 unspecified atom stereocenters. The highest BCUT2D eigenvalue weighted by molar-refractivity contribution is 5.91. The van der Waals surface area contributed by atoms with Crippen molar-refractivity contribution >= 4 is 11.6 Å². The highest BCUT2D eigenvalue weighted by atomic mass is 16.1. The van der Waals surface area contributed by atoms with Gasteiger partial charge in [0.1, 0.15) is 0 Å². The molecule has 1 atom stereocenters. The van der Waals surface area contributed by atoms with Gasteiger partial charge in [-0.15, -0.1) is 5.10 Å². The van der Waals surface area contributed by atoms with Gasteiger partial charge in [-0.3, -0.25) is 9.48 Å². The van der Waals surface area contributed by atoms with Crippen LogP contribution >= 0.6 is 0 Å². The van der Waals surface area contributed by atoms with Crippen molar-refractivity contribution in [2.24, 2.45) is 0 Å². The zero-order chi connectivity index (χ0) is 16.8. The number of amides is 1. The molecule has 128 valence electrons. The van der Waals surface area contributed by atoms with Crippen molar-refractivity contribution in [2.75, 3.05) is 18.4 Å². The van der Waals surface area contributed by atoms with Crippen molar-refractivity contribution in [3.8, 4) is 0 Å². The average molecular weight is 327 g/mol. The highest BCUT2D eigenvalue weighted by Crippen LogP contribution is 2.20. The third-order valence-electron chi connectivity index (χ3n) is 4.51. The smallest absolute Gasteiger partial charge is 0.226 e. The Bertz CT molecular complexity index is 676. The zero-order valence-corrected chi connectivity index (χ0v) is 14.2. The van der Waals surface area contributed by atoms with Crippen molar-refractivity contribution in [3.63, 3.8) is 0 Å². The Morgan fingerprint density at radius 3 is 3.08 bits per heavy atom. The minimum Gasteiger partial charge on any atom is -0.326 e. The number of carbonyl (C=O) groups excluding carboxylic acids is 1. The number of anilines is 1. The maximum Gasteiger partial charge on any atom is 0.226 e. The van der Waals surface area contributed by atoms with Crippen LogP contribution in [0.15, 0.2) is 30.5 Å². The fourth-order valence-electron chi connectivity index (χ4n) is 3.09. The molecule has 0 saturated carbocycles. The Balaban J connectivity index is 1.52. The first-order chi connectivity index (χ1) is 11.8. The van der Waals surface area contributed by atoms with Gasteiger partial charge < -0.3 is 10.6 Å². The van der Waals surface area contributed by atoms with Crippen LogP contribution in [0.4, 0.5) is 5.69 Å². The molecule has 1 aromatic carbocycles. The lowest BCUT2D eigenvalue weighted by atomic mass is 9.97. The second-order valence-corrected chi connectivity index (χ2v) is 6.26. The maximum atomic E-state index is 12.2. The molecule has 1 amide bonds. The first kappa shape index (κ1) is 16.6. The molecule has 2 heterocycles. The standard InChI is InChI=1S/C18H25N5O/c1-2-14-6-3-4-8-16(14)20-18(24)9-11-23-13-17(21-22-23)15-7-5-10-19-12-15/h3-4,6,8,13,15,19H,2,5,7,9-12H2,1H3,(H,20,24)/t15-/m1/s1. The summed E-state index contributed by atoms with van der Waals surface area (Å²) in [6.45, 7) is 4.69. The summed E-state index contributed by atoms with van der Waals surface area (Å²) in [6.07, 6.45) is 5.60. The third kappa shape index (κ3) is 4.20. The lowest BCUT2D eigenvalue weighted by Gasteiger charge is -2.20. The fourth-order valence-corrected chi connectivity index (χ4v) is 3.09. The number of hydrogen-bond acceptors (Lipinski definition) is 4. The molecule has 6 heteroatoms. The number of nitrogens with one attached hydrogen (secondary N) is 2. The monoisotopic (exact) mass is 327 g/mol. The van der Waals surface area contributed by atoms with Gasteiger partial charge in [-0.2, -0.15) is 0 Å². The molecule has 0 spiro atoms. The van der Waals surface area contributed by atoms with E-state index in [0.717, 1.165) is 42.9 Å². The lowest BCUT2D eigenvalue weighted by Crippen LogP contribution is -2.28. The van der Waals surface area contributed by atoms with Gasteiger partial charge in [0.25, 0.3) is 0 Å². The van der Waals surface area contributed by atoms with E-state index in [1.165, 1.54) is 6.42 Å². The summed E-state index contributed by atoms with van der Waals surface area (Å²) >= 11 is 0. The summed E-state index contributed by atoms with van der Waals surface area (Å²) in [5.74, 6) is 0.449. The van der Waals surface area contributed by atoms with Gasteiger partial charge in [-0.1, -0.05) is 30.3 Å². The molecule has 0 bridgehead atoms. The molecule has 0 radical (unpaired) electrons. The molecule has 2 N–H and O–H groups in total. The molecule has 1 aliphatic rings. The van der Waals surface area contributed by atoms with Crippen LogP contribution in [-0.2, 0) is 17.8 Å². The summed E-state index contributed by atoms with van der Waals surface area (Å²) < 4.78 is 1.77. The molecule has 1 fully saturated rings. The molecular formula is C18H25N5O. The molecule has 1 saturated heterocycles. The van der Waals surface area contributed by atoms with Gasteiger partial charge in [-0.25, -0.2) is 0 Å². The second-order valence-electron chi connectivity index (χ2n) is 6.26. The zero-order valence-electron chi connectivity index (χ0n) is 14.2. The van der Waals surface area contributed by atoms with Crippen LogP contribution in [-0.4, -0.2) is 34.0 Å². The largest absolute Gasteiger partial charge is 0.326 e. The normalized spacial score (nSPS) is 17.6. The lowest BCUT2D eigenvalue weighted by molar-refractivity contribution is -0.116. The summed E-state index contributed by atoms with van der Waals surface area (Å²) in [4.78, 5) is 12.2. The van der Waals surface area contributed by atoms with E-state index in [1.54, 1.807) is 4.68 Å². The first-order valence-corrected chi connectivity index (χ1v) is 8.74. The van der Waals surface area contributed by atoms with Crippen LogP contribution in [0.1, 0.15) is 43.4 Å². The van der Waals surface area contributed by atoms with E-state index in [2.05, 4.69) is 27.9 Å². The number of benzene rings is 1. The summed E-state index contributed by atoms with van der Waals surface area (Å²) in [6, 6.07) is 7.92. The van der Waals surface area contributed by atoms with Crippen LogP contribution in [0.2, 0.25) is 0 Å². The van der Waals surface area contributed by atoms with E-state index in [-0.39, 0.29) is 5.91 Å². The number of aromatic nitrogens is 3. The number of aryl methyl sites for hydroxylation is 2. The van der Waals surface area contributed by atoms with Crippen molar-refractivity contribution in [1.29, 1.82) is 0 Å². The number of para-hydroxylation sites is 1. The van der Waals surface area contributed by atoms with Crippen molar-refractivity contribution in [2.45, 2.75) is 45.1 Å². The highest BCUT2D eigenvalue weighted by Gasteiger charge is 2.18. The van der Waals surface area contributed by atoms with Crippen LogP contribution in [0.3, 0.4) is 0 Å². The topological polar surface area (TPSA) is 71.8 Å². The third-order valence-corrected chi connectivity index (χ3v) is 4.51. The SMILES string of the molecule is CCc1ccccc1NC(=O)CCn1cc([C@@H]2CCCNC2)nn1. The van der Waals surface area contributed by atoms with Crippen molar-refractivity contribution in [1.82, 2.24) is 20.3 Å². The first-order valence-electron chi connectivity index (χ1n) is 8.74. The number of nitrogens with zero attached hydrogens (tertiary/aromatic N) is 3. The Morgan fingerprint density at radius 2 is 2.29 bits per heavy atom. The Kier molecular flexibility index (Phi) is 5.59. The second kappa shape index (κ2) is 8.06. The van der Waals surface area contributed by atoms with E-state index in [1.807, 2.05) is 30.5 Å². The van der Waals surface area contributed by atoms with Crippen LogP contribution in [0.5, 0.6) is 0 Å². The number of carbonyl (C=O) groups is 1. The Morgan fingerprint density at radius 1 is 1.42 bits per heavy atom. The fraction of sp³-hybridized carbons (Fsp3) is 0.500. The van der Waals surface area contributed by atoms with E-state index < -0.39 is 0 Å². The molecule has 1 aliphatic heterocycles. The average Bonchev–Trinajstić information content (AvgIpc) is 3.10. The minimum atomic E-state index is 0.00674. The molecule has 2 aromatic rings. The van der Waals surface area contributed by atoms with Gasteiger partial charge >= 0.3 is 0 Å². The maximum absolute atomic E-state index is 12.2. The van der Waals surface area contributed by atoms with E-state index in [4.69, 9.17) is 0 Å². The number of hydrogen-bond donors (Lipinski definition) is 2. The summed E-state index contributed by atoms with van der Waals surface area (Å²) in [5.41, 5.74) is 3.08. The summed E-state index contributed by atoms with van der Waals surface area (Å²) in [5, 5.41) is 14.8. The molecule has 0 aliphatic carbocycles. The van der Waals surface area contributed by atoms with E-state index in [0.29, 0.717) is 18.9 Å². The van der Waals surface area contributed by atoms with Crippen LogP contribution in [0.25, 0.3) is 0 Å². The summed E-state index contributed by atoms with van der Waals surface area (Å²) in [7, 11) is 0. The molecular weight excluding hydrogens is 302 g/mol. The predicted octanol–water partition coefficient (Wildman–Crippen LogP) is 2.34. The molecule has 24 heavy (non-hydrogen) atoms. The van der Waals surface area contributed by atoms with Crippen LogP contribution < -0.4 is 10.6 Å². The van der Waals surface area contributed by atoms with Crippen molar-refractivity contribution < 1.29 is 4.79 Å². The van der Waals surface area contributed by atoms with Gasteiger partial charge in [0.05, 0.1) is 12.2 Å². The van der Waals surface area contributed by atoms with Crippen molar-refractivity contribution in [3.05, 3.63) is 41.7 Å². The molecule has 1 aromatic heterocycles. The number of piperidine rings is 1.